The van der Waals surface area contributed by atoms with Crippen molar-refractivity contribution in [2.75, 3.05) is 0 Å². The normalized spacial score (nSPS) is 12.9. The van der Waals surface area contributed by atoms with Gasteiger partial charge in [0.05, 0.1) is 0 Å². The SMILES string of the molecule is N#CC(C#N)=C1C2=C(C(=C(C#N)C#N)c3cc(-c4cc(OC(F)(F)F)c(C#N)c(OC(F)(F)F)c4)ccc32)c2ccc(-c3cc(OC(F)(F)F)c(C#N)c(OC(F)(F)F)c3)cc21. The molecule has 0 N–H and O–H groups in total. The van der Waals surface area contributed by atoms with E-state index in [1.807, 2.05) is 0 Å². The molecule has 2 aliphatic rings. The number of benzene rings is 4. The largest absolute Gasteiger partial charge is 0.573 e. The standard InChI is InChI=1S/C40H10F12N6O4/c41-37(42,43)59-29-7-19(8-30(27(29)15-57)60-38(44,45)46)17-1-3-23-25(5-17)33(21(11-53)12-54)36-24-4-2-18(6-26(24)34(35(23)36)22(13-55)14-56)20-9-31(61-39(47,48)49)28(16-58)32(10-20)62-40(50,51)52/h1-10H. The van der Waals surface area contributed by atoms with Crippen LogP contribution in [0.5, 0.6) is 23.0 Å². The Morgan fingerprint density at radius 1 is 0.371 bits per heavy atom. The number of halogens is 12. The van der Waals surface area contributed by atoms with E-state index in [0.29, 0.717) is 24.3 Å². The molecule has 0 aliphatic heterocycles. The molecule has 2 aliphatic carbocycles. The molecule has 22 heteroatoms. The molecule has 0 amide bonds. The number of ether oxygens (including phenoxy) is 4. The maximum atomic E-state index is 13.4. The predicted octanol–water partition coefficient (Wildman–Crippen LogP) is 10.9. The molecule has 0 atom stereocenters. The summed E-state index contributed by atoms with van der Waals surface area (Å²) < 4.78 is 176. The summed E-state index contributed by atoms with van der Waals surface area (Å²) in [5.74, 6) is -5.60. The summed E-state index contributed by atoms with van der Waals surface area (Å²) in [6, 6.07) is 18.2. The predicted molar refractivity (Wildman–Crippen MR) is 183 cm³/mol. The molecule has 62 heavy (non-hydrogen) atoms. The second-order valence-corrected chi connectivity index (χ2v) is 12.3. The zero-order valence-electron chi connectivity index (χ0n) is 29.6. The average Bonchev–Trinajstić information content (AvgIpc) is 3.65. The van der Waals surface area contributed by atoms with Crippen molar-refractivity contribution in [2.24, 2.45) is 0 Å². The van der Waals surface area contributed by atoms with E-state index in [-0.39, 0.29) is 55.7 Å². The van der Waals surface area contributed by atoms with Crippen LogP contribution < -0.4 is 18.9 Å². The number of rotatable bonds is 6. The van der Waals surface area contributed by atoms with Crippen LogP contribution >= 0.6 is 0 Å². The number of nitrogens with zero attached hydrogens (tertiary/aromatic N) is 6. The van der Waals surface area contributed by atoms with Gasteiger partial charge in [-0.3, -0.25) is 0 Å². The molecule has 0 unspecified atom stereocenters. The minimum absolute atomic E-state index is 0.0183. The highest BCUT2D eigenvalue weighted by atomic mass is 19.4. The Morgan fingerprint density at radius 2 is 0.645 bits per heavy atom. The Bertz CT molecular complexity index is 2680. The molecule has 0 fully saturated rings. The Morgan fingerprint density at radius 3 is 0.871 bits per heavy atom. The van der Waals surface area contributed by atoms with Crippen LogP contribution in [0.1, 0.15) is 33.4 Å². The van der Waals surface area contributed by atoms with Crippen LogP contribution in [0.3, 0.4) is 0 Å². The first kappa shape index (κ1) is 43.0. The first-order valence-corrected chi connectivity index (χ1v) is 16.3. The quantitative estimate of drug-likeness (QED) is 0.134. The summed E-state index contributed by atoms with van der Waals surface area (Å²) in [6.45, 7) is 0. The average molecular weight is 867 g/mol. The molecular weight excluding hydrogens is 856 g/mol. The van der Waals surface area contributed by atoms with Crippen molar-refractivity contribution in [2.45, 2.75) is 25.4 Å². The van der Waals surface area contributed by atoms with Crippen molar-refractivity contribution >= 4 is 22.3 Å². The molecule has 0 saturated carbocycles. The molecule has 0 saturated heterocycles. The first-order valence-electron chi connectivity index (χ1n) is 16.3. The summed E-state index contributed by atoms with van der Waals surface area (Å²) >= 11 is 0. The van der Waals surface area contributed by atoms with Crippen LogP contribution in [-0.4, -0.2) is 25.4 Å². The van der Waals surface area contributed by atoms with E-state index in [0.717, 1.165) is 36.4 Å². The van der Waals surface area contributed by atoms with Gasteiger partial charge in [-0.15, -0.1) is 52.7 Å². The number of hydrogen-bond donors (Lipinski definition) is 0. The van der Waals surface area contributed by atoms with Crippen LogP contribution in [0.4, 0.5) is 52.7 Å². The van der Waals surface area contributed by atoms with Crippen LogP contribution in [0.2, 0.25) is 0 Å². The summed E-state index contributed by atoms with van der Waals surface area (Å²) in [5, 5.41) is 59.2. The van der Waals surface area contributed by atoms with Crippen molar-refractivity contribution in [3.63, 3.8) is 0 Å². The van der Waals surface area contributed by atoms with Gasteiger partial charge in [0.15, 0.2) is 23.0 Å². The van der Waals surface area contributed by atoms with E-state index < -0.39 is 81.8 Å². The van der Waals surface area contributed by atoms with E-state index in [2.05, 4.69) is 18.9 Å². The summed E-state index contributed by atoms with van der Waals surface area (Å²) in [4.78, 5) is 0. The molecule has 6 rings (SSSR count). The van der Waals surface area contributed by atoms with Gasteiger partial charge in [0, 0.05) is 22.3 Å². The second-order valence-electron chi connectivity index (χ2n) is 12.3. The highest BCUT2D eigenvalue weighted by molar-refractivity contribution is 6.38. The van der Waals surface area contributed by atoms with Gasteiger partial charge in [-0.2, -0.15) is 31.6 Å². The molecule has 0 heterocycles. The molecule has 308 valence electrons. The highest BCUT2D eigenvalue weighted by Gasteiger charge is 2.42. The third-order valence-electron chi connectivity index (χ3n) is 8.74. The maximum absolute atomic E-state index is 13.4. The summed E-state index contributed by atoms with van der Waals surface area (Å²) in [7, 11) is 0. The van der Waals surface area contributed by atoms with Crippen LogP contribution in [0.15, 0.2) is 71.8 Å². The van der Waals surface area contributed by atoms with E-state index >= 15 is 0 Å². The molecule has 0 bridgehead atoms. The fourth-order valence-corrected chi connectivity index (χ4v) is 6.70. The van der Waals surface area contributed by atoms with Crippen LogP contribution in [0.25, 0.3) is 44.5 Å². The topological polar surface area (TPSA) is 180 Å². The number of allylic oxidation sites excluding steroid dienone is 6. The number of alkyl halides is 12. The van der Waals surface area contributed by atoms with Gasteiger partial charge < -0.3 is 18.9 Å². The van der Waals surface area contributed by atoms with Gasteiger partial charge in [0.25, 0.3) is 0 Å². The Kier molecular flexibility index (Phi) is 10.5. The van der Waals surface area contributed by atoms with Gasteiger partial charge in [-0.05, 0) is 80.9 Å². The van der Waals surface area contributed by atoms with Gasteiger partial charge in [-0.25, -0.2) is 0 Å². The Labute approximate surface area is 337 Å². The van der Waals surface area contributed by atoms with Gasteiger partial charge in [0.1, 0.15) is 58.7 Å². The maximum Gasteiger partial charge on any atom is 0.573 e. The molecule has 0 aromatic heterocycles. The number of hydrogen-bond acceptors (Lipinski definition) is 10. The van der Waals surface area contributed by atoms with Gasteiger partial charge in [0.2, 0.25) is 0 Å². The lowest BCUT2D eigenvalue weighted by atomic mass is 9.86. The highest BCUT2D eigenvalue weighted by Crippen LogP contribution is 2.60. The van der Waals surface area contributed by atoms with Crippen molar-refractivity contribution in [3.05, 3.63) is 105 Å². The van der Waals surface area contributed by atoms with Crippen molar-refractivity contribution < 1.29 is 71.6 Å². The lowest BCUT2D eigenvalue weighted by Crippen LogP contribution is -2.20. The minimum Gasteiger partial charge on any atom is -0.404 e. The van der Waals surface area contributed by atoms with Crippen LogP contribution in [-0.2, 0) is 0 Å². The van der Waals surface area contributed by atoms with E-state index in [4.69, 9.17) is 0 Å². The summed E-state index contributed by atoms with van der Waals surface area (Å²) in [5.41, 5.74) is -5.99. The molecule has 4 aromatic carbocycles. The van der Waals surface area contributed by atoms with E-state index in [1.54, 1.807) is 24.3 Å². The summed E-state index contributed by atoms with van der Waals surface area (Å²) in [6.07, 6.45) is -22.1. The Balaban J connectivity index is 1.60. The van der Waals surface area contributed by atoms with E-state index in [1.165, 1.54) is 12.1 Å². The van der Waals surface area contributed by atoms with Crippen molar-refractivity contribution in [1.82, 2.24) is 0 Å². The monoisotopic (exact) mass is 866 g/mol. The minimum atomic E-state index is -5.51. The van der Waals surface area contributed by atoms with Crippen molar-refractivity contribution in [3.8, 4) is 81.7 Å². The van der Waals surface area contributed by atoms with Crippen LogP contribution in [0, 0.1) is 68.0 Å². The zero-order valence-corrected chi connectivity index (χ0v) is 29.6. The fourth-order valence-electron chi connectivity index (χ4n) is 6.70. The lowest BCUT2D eigenvalue weighted by molar-refractivity contribution is -0.278. The number of fused-ring (bicyclic) bond motifs is 4. The second kappa shape index (κ2) is 15.2. The smallest absolute Gasteiger partial charge is 0.404 e. The molecular formula is C40H10F12N6O4. The molecule has 0 radical (unpaired) electrons. The van der Waals surface area contributed by atoms with Gasteiger partial charge >= 0.3 is 25.4 Å². The molecule has 4 aromatic rings. The first-order chi connectivity index (χ1) is 28.9. The molecule has 0 spiro atoms. The van der Waals surface area contributed by atoms with Crippen molar-refractivity contribution in [1.29, 1.82) is 31.6 Å². The third kappa shape index (κ3) is 8.30. The number of nitriles is 6. The zero-order chi connectivity index (χ0) is 45.7. The third-order valence-corrected chi connectivity index (χ3v) is 8.74. The Hall–Kier alpha value is -8.60. The van der Waals surface area contributed by atoms with E-state index in [9.17, 15) is 84.3 Å². The fraction of sp³-hybridized carbons (Fsp3) is 0.100. The lowest BCUT2D eigenvalue weighted by Gasteiger charge is -2.18. The molecule has 10 nitrogen and oxygen atoms in total. The van der Waals surface area contributed by atoms with Gasteiger partial charge in [-0.1, -0.05) is 24.3 Å².